The molecule has 0 saturated heterocycles. The van der Waals surface area contributed by atoms with Crippen molar-refractivity contribution in [3.8, 4) is 0 Å². The van der Waals surface area contributed by atoms with Gasteiger partial charge in [-0.2, -0.15) is 13.2 Å². The fraction of sp³-hybridized carbons (Fsp3) is 0.182. The van der Waals surface area contributed by atoms with Gasteiger partial charge < -0.3 is 0 Å². The molecule has 15 heavy (non-hydrogen) atoms. The minimum atomic E-state index is -4.79. The summed E-state index contributed by atoms with van der Waals surface area (Å²) < 4.78 is 35.5. The number of aryl methyl sites for hydroxylation is 1. The van der Waals surface area contributed by atoms with Gasteiger partial charge in [0.05, 0.1) is 0 Å². The van der Waals surface area contributed by atoms with Crippen LogP contribution in [0.1, 0.15) is 11.1 Å². The monoisotopic (exact) mass is 214 g/mol. The summed E-state index contributed by atoms with van der Waals surface area (Å²) in [5, 5.41) is 0. The topological polar surface area (TPSA) is 17.1 Å². The summed E-state index contributed by atoms with van der Waals surface area (Å²) in [6.07, 6.45) is -3.10. The number of hydrogen-bond acceptors (Lipinski definition) is 1. The van der Waals surface area contributed by atoms with E-state index < -0.39 is 12.0 Å². The zero-order valence-electron chi connectivity index (χ0n) is 8.01. The van der Waals surface area contributed by atoms with E-state index in [9.17, 15) is 18.0 Å². The molecule has 1 rings (SSSR count). The van der Waals surface area contributed by atoms with Crippen LogP contribution >= 0.6 is 0 Å². The first-order valence-corrected chi connectivity index (χ1v) is 4.25. The van der Waals surface area contributed by atoms with Crippen molar-refractivity contribution in [2.24, 2.45) is 0 Å². The molecule has 0 spiro atoms. The van der Waals surface area contributed by atoms with Crippen LogP contribution in [0.5, 0.6) is 0 Å². The zero-order chi connectivity index (χ0) is 11.5. The molecule has 0 N–H and O–H groups in total. The SMILES string of the molecule is Cc1cccc(C=CC(=O)C(F)(F)F)c1. The molecule has 1 aromatic carbocycles. The molecule has 80 valence electrons. The van der Waals surface area contributed by atoms with Gasteiger partial charge in [0.1, 0.15) is 0 Å². The van der Waals surface area contributed by atoms with Crippen LogP contribution in [0.4, 0.5) is 13.2 Å². The summed E-state index contributed by atoms with van der Waals surface area (Å²) in [5.74, 6) is -1.84. The highest BCUT2D eigenvalue weighted by molar-refractivity contribution is 5.97. The standard InChI is InChI=1S/C11H9F3O/c1-8-3-2-4-9(7-8)5-6-10(15)11(12,13)14/h2-7H,1H3. The summed E-state index contributed by atoms with van der Waals surface area (Å²) in [6, 6.07) is 6.86. The predicted molar refractivity (Wildman–Crippen MR) is 51.3 cm³/mol. The van der Waals surface area contributed by atoms with Crippen LogP contribution in [0.15, 0.2) is 30.3 Å². The van der Waals surface area contributed by atoms with Crippen molar-refractivity contribution in [2.45, 2.75) is 13.1 Å². The van der Waals surface area contributed by atoms with Gasteiger partial charge >= 0.3 is 6.18 Å². The molecule has 0 aliphatic carbocycles. The molecule has 0 aliphatic rings. The van der Waals surface area contributed by atoms with E-state index in [1.807, 2.05) is 13.0 Å². The lowest BCUT2D eigenvalue weighted by atomic mass is 10.1. The first kappa shape index (κ1) is 11.5. The second-order valence-electron chi connectivity index (χ2n) is 3.11. The van der Waals surface area contributed by atoms with Gasteiger partial charge in [0.2, 0.25) is 0 Å². The van der Waals surface area contributed by atoms with Crippen molar-refractivity contribution in [3.63, 3.8) is 0 Å². The van der Waals surface area contributed by atoms with E-state index in [2.05, 4.69) is 0 Å². The fourth-order valence-electron chi connectivity index (χ4n) is 1.04. The summed E-state index contributed by atoms with van der Waals surface area (Å²) in [5.41, 5.74) is 1.50. The molecule has 1 aromatic rings. The van der Waals surface area contributed by atoms with Gasteiger partial charge in [-0.05, 0) is 18.6 Å². The third-order valence-corrected chi connectivity index (χ3v) is 1.75. The lowest BCUT2D eigenvalue weighted by Gasteiger charge is -1.99. The first-order chi connectivity index (χ1) is 6.89. The van der Waals surface area contributed by atoms with Gasteiger partial charge in [-0.1, -0.05) is 35.9 Å². The Kier molecular flexibility index (Phi) is 3.29. The summed E-state index contributed by atoms with van der Waals surface area (Å²) in [4.78, 5) is 10.5. The second kappa shape index (κ2) is 4.29. The minimum absolute atomic E-state index is 0.536. The molecule has 0 radical (unpaired) electrons. The van der Waals surface area contributed by atoms with Crippen molar-refractivity contribution >= 4 is 11.9 Å². The number of carbonyl (C=O) groups is 1. The van der Waals surface area contributed by atoms with Gasteiger partial charge in [-0.15, -0.1) is 0 Å². The Morgan fingerprint density at radius 2 is 2.00 bits per heavy atom. The Morgan fingerprint density at radius 1 is 1.33 bits per heavy atom. The van der Waals surface area contributed by atoms with Crippen molar-refractivity contribution < 1.29 is 18.0 Å². The average molecular weight is 214 g/mol. The van der Waals surface area contributed by atoms with E-state index in [0.29, 0.717) is 11.6 Å². The molecular formula is C11H9F3O. The maximum absolute atomic E-state index is 11.8. The Morgan fingerprint density at radius 3 is 2.53 bits per heavy atom. The summed E-state index contributed by atoms with van der Waals surface area (Å²) in [6.45, 7) is 1.82. The number of ketones is 1. The van der Waals surface area contributed by atoms with Crippen LogP contribution in [-0.4, -0.2) is 12.0 Å². The van der Waals surface area contributed by atoms with Crippen molar-refractivity contribution in [2.75, 3.05) is 0 Å². The van der Waals surface area contributed by atoms with E-state index in [1.54, 1.807) is 18.2 Å². The Labute approximate surface area is 85.2 Å². The Hall–Kier alpha value is -1.58. The number of benzene rings is 1. The number of hydrogen-bond donors (Lipinski definition) is 0. The van der Waals surface area contributed by atoms with Gasteiger partial charge in [0, 0.05) is 0 Å². The number of allylic oxidation sites excluding steroid dienone is 1. The number of halogens is 3. The van der Waals surface area contributed by atoms with Crippen molar-refractivity contribution in [1.29, 1.82) is 0 Å². The molecule has 0 amide bonds. The number of carbonyl (C=O) groups excluding carboxylic acids is 1. The highest BCUT2D eigenvalue weighted by Crippen LogP contribution is 2.17. The normalized spacial score (nSPS) is 12.0. The Bertz CT molecular complexity index is 391. The fourth-order valence-corrected chi connectivity index (χ4v) is 1.04. The molecule has 0 unspecified atom stereocenters. The van der Waals surface area contributed by atoms with E-state index in [4.69, 9.17) is 0 Å². The van der Waals surface area contributed by atoms with E-state index >= 15 is 0 Å². The number of alkyl halides is 3. The lowest BCUT2D eigenvalue weighted by Crippen LogP contribution is -2.19. The minimum Gasteiger partial charge on any atom is -0.285 e. The molecule has 0 fully saturated rings. The summed E-state index contributed by atoms with van der Waals surface area (Å²) >= 11 is 0. The lowest BCUT2D eigenvalue weighted by molar-refractivity contribution is -0.165. The molecule has 0 aromatic heterocycles. The van der Waals surface area contributed by atoms with Crippen LogP contribution in [-0.2, 0) is 4.79 Å². The average Bonchev–Trinajstić information content (AvgIpc) is 2.12. The highest BCUT2D eigenvalue weighted by Gasteiger charge is 2.35. The Balaban J connectivity index is 2.79. The molecule has 4 heteroatoms. The van der Waals surface area contributed by atoms with E-state index in [-0.39, 0.29) is 0 Å². The van der Waals surface area contributed by atoms with Crippen molar-refractivity contribution in [3.05, 3.63) is 41.5 Å². The molecular weight excluding hydrogens is 205 g/mol. The second-order valence-corrected chi connectivity index (χ2v) is 3.11. The summed E-state index contributed by atoms with van der Waals surface area (Å²) in [7, 11) is 0. The third-order valence-electron chi connectivity index (χ3n) is 1.75. The van der Waals surface area contributed by atoms with Gasteiger partial charge in [-0.25, -0.2) is 0 Å². The quantitative estimate of drug-likeness (QED) is 0.691. The van der Waals surface area contributed by atoms with E-state index in [0.717, 1.165) is 11.6 Å². The van der Waals surface area contributed by atoms with Crippen LogP contribution in [0.2, 0.25) is 0 Å². The van der Waals surface area contributed by atoms with Gasteiger partial charge in [-0.3, -0.25) is 4.79 Å². The maximum Gasteiger partial charge on any atom is 0.454 e. The third kappa shape index (κ3) is 3.58. The van der Waals surface area contributed by atoms with Crippen LogP contribution in [0.25, 0.3) is 6.08 Å². The zero-order valence-corrected chi connectivity index (χ0v) is 8.01. The molecule has 0 heterocycles. The molecule has 0 aliphatic heterocycles. The van der Waals surface area contributed by atoms with Gasteiger partial charge in [0.15, 0.2) is 0 Å². The van der Waals surface area contributed by atoms with Gasteiger partial charge in [0.25, 0.3) is 5.78 Å². The largest absolute Gasteiger partial charge is 0.454 e. The van der Waals surface area contributed by atoms with Crippen LogP contribution in [0.3, 0.4) is 0 Å². The highest BCUT2D eigenvalue weighted by atomic mass is 19.4. The van der Waals surface area contributed by atoms with Crippen LogP contribution < -0.4 is 0 Å². The van der Waals surface area contributed by atoms with Crippen molar-refractivity contribution in [1.82, 2.24) is 0 Å². The van der Waals surface area contributed by atoms with Crippen LogP contribution in [0, 0.1) is 6.92 Å². The molecule has 0 atom stereocenters. The molecule has 0 bridgehead atoms. The van der Waals surface area contributed by atoms with E-state index in [1.165, 1.54) is 0 Å². The molecule has 0 saturated carbocycles. The number of rotatable bonds is 2. The maximum atomic E-state index is 11.8. The molecule has 1 nitrogen and oxygen atoms in total. The first-order valence-electron chi connectivity index (χ1n) is 4.25. The predicted octanol–water partition coefficient (Wildman–Crippen LogP) is 3.14. The smallest absolute Gasteiger partial charge is 0.285 e.